The number of esters is 1. The second-order valence-electron chi connectivity index (χ2n) is 14.0. The van der Waals surface area contributed by atoms with Crippen LogP contribution in [0.2, 0.25) is 18.1 Å². The van der Waals surface area contributed by atoms with E-state index in [1.807, 2.05) is 0 Å². The van der Waals surface area contributed by atoms with Gasteiger partial charge in [-0.15, -0.1) is 0 Å². The smallest absolute Gasteiger partial charge is 0.338 e. The van der Waals surface area contributed by atoms with Crippen LogP contribution in [-0.4, -0.2) is 88.8 Å². The summed E-state index contributed by atoms with van der Waals surface area (Å²) in [6.45, 7) is 12.9. The van der Waals surface area contributed by atoms with E-state index in [4.69, 9.17) is 13.9 Å². The van der Waals surface area contributed by atoms with E-state index in [0.717, 1.165) is 18.1 Å². The molecule has 1 unspecified atom stereocenters. The van der Waals surface area contributed by atoms with E-state index in [1.54, 1.807) is 58.0 Å². The molecular weight excluding hydrogens is 795 g/mol. The summed E-state index contributed by atoms with van der Waals surface area (Å²) in [5, 5.41) is 48.4. The Balaban J connectivity index is 0.00000442. The Labute approximate surface area is 297 Å². The van der Waals surface area contributed by atoms with Crippen LogP contribution in [-0.2, 0) is 18.7 Å². The van der Waals surface area contributed by atoms with E-state index in [-0.39, 0.29) is 74.6 Å². The molecule has 0 aromatic heterocycles. The molecule has 0 amide bonds. The Morgan fingerprint density at radius 3 is 2.16 bits per heavy atom. The van der Waals surface area contributed by atoms with Crippen LogP contribution < -0.4 is 0 Å². The quantitative estimate of drug-likeness (QED) is 0.184. The Bertz CT molecular complexity index is 1290. The molecule has 5 rings (SSSR count). The molecule has 3 aliphatic carbocycles. The average Bonchev–Trinajstić information content (AvgIpc) is 2.98. The number of fused-ring (bicyclic) bond motifs is 5. The molecule has 1 radical (unpaired) electrons. The van der Waals surface area contributed by atoms with Crippen LogP contribution in [0, 0.1) is 60.8 Å². The van der Waals surface area contributed by atoms with E-state index in [1.165, 1.54) is 0 Å². The molecule has 1 aromatic carbocycles. The molecule has 1 aromatic rings. The second kappa shape index (κ2) is 12.5. The molecule has 9 atom stereocenters. The molecule has 2 bridgehead atoms. The van der Waals surface area contributed by atoms with Gasteiger partial charge in [-0.1, -0.05) is 52.8 Å². The van der Waals surface area contributed by atoms with Gasteiger partial charge in [0, 0.05) is 68.2 Å². The predicted molar refractivity (Wildman–Crippen MR) is 162 cm³/mol. The third-order valence-electron chi connectivity index (χ3n) is 11.9. The van der Waals surface area contributed by atoms with Gasteiger partial charge in [0.25, 0.3) is 0 Å². The van der Waals surface area contributed by atoms with Crippen molar-refractivity contribution in [3.8, 4) is 0 Å². The van der Waals surface area contributed by atoms with Crippen molar-refractivity contribution in [3.63, 3.8) is 0 Å². The van der Waals surface area contributed by atoms with Gasteiger partial charge in [0.1, 0.15) is 23.4 Å². The summed E-state index contributed by atoms with van der Waals surface area (Å²) in [4.78, 5) is 28.7. The van der Waals surface area contributed by atoms with E-state index < -0.39 is 78.5 Å². The molecule has 44 heavy (non-hydrogen) atoms. The third kappa shape index (κ3) is 5.11. The Hall–Kier alpha value is -0.482. The monoisotopic (exact) mass is 843 g/mol. The largest absolute Gasteiger partial charge is 0.455 e. The van der Waals surface area contributed by atoms with Crippen molar-refractivity contribution in [2.24, 2.45) is 16.7 Å². The first kappa shape index (κ1) is 36.4. The van der Waals surface area contributed by atoms with E-state index in [2.05, 4.69) is 20.8 Å². The van der Waals surface area contributed by atoms with Gasteiger partial charge in [-0.3, -0.25) is 4.79 Å². The summed E-state index contributed by atoms with van der Waals surface area (Å²) in [7, 11) is -2.36. The Morgan fingerprint density at radius 2 is 1.64 bits per heavy atom. The summed E-state index contributed by atoms with van der Waals surface area (Å²) in [5.41, 5.74) is -5.69. The molecule has 1 saturated heterocycles. The van der Waals surface area contributed by atoms with Crippen molar-refractivity contribution in [3.05, 3.63) is 47.0 Å². The predicted octanol–water partition coefficient (Wildman–Crippen LogP) is 3.54. The molecule has 11 heteroatoms. The van der Waals surface area contributed by atoms with Crippen LogP contribution in [0.1, 0.15) is 71.7 Å². The molecule has 0 spiro atoms. The third-order valence-corrected chi connectivity index (χ3v) is 16.6. The fourth-order valence-corrected chi connectivity index (χ4v) is 11.7. The molecule has 241 valence electrons. The SMILES string of the molecule is CC[Si](CC)(CC)O[C@H]1C[C@H]2OC[C@@]2(O)[C@H]2C(OC(=O)c3ccccc3)[C@]3(O)C[C@H](O)C(C)=C([C@@H](O)C(=O)[C@]12C)C3(C)C.[Ac]. The van der Waals surface area contributed by atoms with Gasteiger partial charge < -0.3 is 34.3 Å². The fourth-order valence-electron chi connectivity index (χ4n) is 8.72. The maximum atomic E-state index is 14.9. The van der Waals surface area contributed by atoms with Crippen molar-refractivity contribution in [2.45, 2.75) is 121 Å². The molecule has 1 aliphatic heterocycles. The zero-order valence-electron chi connectivity index (χ0n) is 27.0. The topological polar surface area (TPSA) is 143 Å². The maximum absolute atomic E-state index is 14.9. The Kier molecular flexibility index (Phi) is 10.3. The van der Waals surface area contributed by atoms with Crippen molar-refractivity contribution in [1.82, 2.24) is 0 Å². The zero-order chi connectivity index (χ0) is 31.8. The van der Waals surface area contributed by atoms with Gasteiger partial charge in [0.15, 0.2) is 14.1 Å². The molecule has 4 N–H and O–H groups in total. The number of Topliss-reactive ketones (excluding diaryl/α,β-unsaturated/α-hetero) is 1. The van der Waals surface area contributed by atoms with Crippen molar-refractivity contribution in [2.75, 3.05) is 6.61 Å². The van der Waals surface area contributed by atoms with Gasteiger partial charge in [-0.25, -0.2) is 4.79 Å². The number of rotatable bonds is 7. The number of carbonyl (C=O) groups is 2. The first-order chi connectivity index (χ1) is 20.1. The minimum absolute atomic E-state index is 0. The molecule has 9 nitrogen and oxygen atoms in total. The number of ether oxygens (including phenoxy) is 2. The van der Waals surface area contributed by atoms with Gasteiger partial charge >= 0.3 is 5.97 Å². The van der Waals surface area contributed by atoms with Crippen molar-refractivity contribution < 1.29 is 88.0 Å². The summed E-state index contributed by atoms with van der Waals surface area (Å²) in [6.07, 6.45) is -5.85. The van der Waals surface area contributed by atoms with Crippen molar-refractivity contribution in [1.29, 1.82) is 0 Å². The normalized spacial score (nSPS) is 39.6. The van der Waals surface area contributed by atoms with E-state index in [0.29, 0.717) is 5.57 Å². The number of carbonyl (C=O) groups excluding carboxylic acids is 2. The average molecular weight is 844 g/mol. The minimum Gasteiger partial charge on any atom is -0.455 e. The number of hydrogen-bond donors (Lipinski definition) is 4. The van der Waals surface area contributed by atoms with Crippen molar-refractivity contribution >= 4 is 20.1 Å². The molecule has 2 saturated carbocycles. The van der Waals surface area contributed by atoms with E-state index >= 15 is 0 Å². The van der Waals surface area contributed by atoms with E-state index in [9.17, 15) is 30.0 Å². The fraction of sp³-hybridized carbons (Fsp3) is 0.697. The van der Waals surface area contributed by atoms with Crippen LogP contribution >= 0.6 is 0 Å². The maximum Gasteiger partial charge on any atom is 0.338 e. The van der Waals surface area contributed by atoms with Crippen LogP contribution in [0.5, 0.6) is 0 Å². The van der Waals surface area contributed by atoms with Crippen LogP contribution in [0.25, 0.3) is 0 Å². The number of ketones is 1. The molecule has 3 fully saturated rings. The van der Waals surface area contributed by atoms with Crippen LogP contribution in [0.4, 0.5) is 0 Å². The van der Waals surface area contributed by atoms with Crippen LogP contribution in [0.3, 0.4) is 0 Å². The summed E-state index contributed by atoms with van der Waals surface area (Å²) in [6, 6.07) is 10.8. The van der Waals surface area contributed by atoms with Gasteiger partial charge in [-0.2, -0.15) is 0 Å². The number of benzene rings is 1. The molecular formula is C33H48AcO9Si. The first-order valence-corrected chi connectivity index (χ1v) is 18.2. The second-order valence-corrected chi connectivity index (χ2v) is 18.7. The standard InChI is InChI=1S/C33H48O9Si.Ac/c1-8-43(9-2,10-3)42-22-16-23-32(38,18-40-23)26-28(41-29(37)20-14-12-11-13-15-20)33(39)17-21(34)19(4)24(30(33,5)6)25(35)27(36)31(22,26)7;/h11-15,21-23,25-26,28,34-35,38-39H,8-10,16-18H2,1-7H3;/t21-,22-,23+,25+,26-,28?,31+,32-,33+;/m0./s1. The van der Waals surface area contributed by atoms with Crippen LogP contribution in [0.15, 0.2) is 41.5 Å². The zero-order valence-corrected chi connectivity index (χ0v) is 32.7. The van der Waals surface area contributed by atoms with Gasteiger partial charge in [0.05, 0.1) is 35.9 Å². The number of aliphatic hydroxyl groups is 4. The summed E-state index contributed by atoms with van der Waals surface area (Å²) >= 11 is 0. The minimum atomic E-state index is -2.36. The number of hydrogen-bond acceptors (Lipinski definition) is 9. The number of aliphatic hydroxyl groups excluding tert-OH is 2. The van der Waals surface area contributed by atoms with Gasteiger partial charge in [0.2, 0.25) is 0 Å². The molecule has 1 heterocycles. The van der Waals surface area contributed by atoms with Gasteiger partial charge in [-0.05, 0) is 55.3 Å². The summed E-state index contributed by atoms with van der Waals surface area (Å²) < 4.78 is 19.2. The summed E-state index contributed by atoms with van der Waals surface area (Å²) in [5.74, 6) is -2.51. The molecule has 4 aliphatic rings. The Morgan fingerprint density at radius 1 is 1.05 bits per heavy atom. The first-order valence-electron chi connectivity index (χ1n) is 15.7.